The van der Waals surface area contributed by atoms with E-state index in [1.165, 1.54) is 12.1 Å². The molecule has 0 amide bonds. The van der Waals surface area contributed by atoms with E-state index in [-0.39, 0.29) is 5.60 Å². The van der Waals surface area contributed by atoms with Crippen molar-refractivity contribution in [1.29, 1.82) is 0 Å². The third-order valence-electron chi connectivity index (χ3n) is 3.42. The zero-order valence-corrected chi connectivity index (χ0v) is 10.2. The molecule has 2 nitrogen and oxygen atoms in total. The molecule has 0 aliphatic carbocycles. The number of ether oxygens (including phenoxy) is 1. The molecule has 0 saturated carbocycles. The van der Waals surface area contributed by atoms with Gasteiger partial charge in [-0.3, -0.25) is 0 Å². The number of methoxy groups -OCH3 is 1. The van der Waals surface area contributed by atoms with Crippen molar-refractivity contribution in [2.24, 2.45) is 0 Å². The van der Waals surface area contributed by atoms with E-state index in [9.17, 15) is 13.2 Å². The Balaban J connectivity index is 2.19. The molecule has 0 bridgehead atoms. The Morgan fingerprint density at radius 1 is 1.39 bits per heavy atom. The molecule has 1 aliphatic rings. The van der Waals surface area contributed by atoms with Crippen LogP contribution in [0.1, 0.15) is 17.5 Å². The van der Waals surface area contributed by atoms with Gasteiger partial charge in [-0.05, 0) is 24.6 Å². The Kier molecular flexibility index (Phi) is 3.64. The lowest BCUT2D eigenvalue weighted by Crippen LogP contribution is -2.36. The highest BCUT2D eigenvalue weighted by molar-refractivity contribution is 5.27. The molecule has 1 aromatic carbocycles. The lowest BCUT2D eigenvalue weighted by atomic mass is 9.92. The number of rotatable bonds is 3. The van der Waals surface area contributed by atoms with Crippen LogP contribution in [-0.2, 0) is 17.3 Å². The van der Waals surface area contributed by atoms with Crippen LogP contribution < -0.4 is 5.32 Å². The zero-order chi connectivity index (χ0) is 13.2. The molecule has 1 aliphatic heterocycles. The van der Waals surface area contributed by atoms with Gasteiger partial charge in [0.15, 0.2) is 0 Å². The largest absolute Gasteiger partial charge is 0.416 e. The molecule has 18 heavy (non-hydrogen) atoms. The Bertz CT molecular complexity index is 411. The van der Waals surface area contributed by atoms with Gasteiger partial charge < -0.3 is 10.1 Å². The highest BCUT2D eigenvalue weighted by Gasteiger charge is 2.35. The monoisotopic (exact) mass is 259 g/mol. The summed E-state index contributed by atoms with van der Waals surface area (Å²) >= 11 is 0. The first-order chi connectivity index (χ1) is 8.45. The van der Waals surface area contributed by atoms with Gasteiger partial charge in [-0.2, -0.15) is 13.2 Å². The van der Waals surface area contributed by atoms with E-state index in [4.69, 9.17) is 4.74 Å². The maximum Gasteiger partial charge on any atom is 0.416 e. The van der Waals surface area contributed by atoms with Crippen molar-refractivity contribution >= 4 is 0 Å². The number of hydrogen-bond donors (Lipinski definition) is 1. The van der Waals surface area contributed by atoms with Gasteiger partial charge in [0.2, 0.25) is 0 Å². The molecule has 1 fully saturated rings. The van der Waals surface area contributed by atoms with Crippen LogP contribution >= 0.6 is 0 Å². The molecule has 1 unspecified atom stereocenters. The van der Waals surface area contributed by atoms with E-state index >= 15 is 0 Å². The van der Waals surface area contributed by atoms with Crippen LogP contribution in [0.15, 0.2) is 24.3 Å². The molecule has 0 radical (unpaired) electrons. The quantitative estimate of drug-likeness (QED) is 0.901. The van der Waals surface area contributed by atoms with Crippen LogP contribution in [0.4, 0.5) is 13.2 Å². The van der Waals surface area contributed by atoms with Gasteiger partial charge in [0.05, 0.1) is 11.2 Å². The lowest BCUT2D eigenvalue weighted by molar-refractivity contribution is -0.137. The van der Waals surface area contributed by atoms with Crippen LogP contribution in [-0.4, -0.2) is 25.8 Å². The van der Waals surface area contributed by atoms with Crippen LogP contribution in [0.2, 0.25) is 0 Å². The first-order valence-corrected chi connectivity index (χ1v) is 5.87. The van der Waals surface area contributed by atoms with E-state index in [2.05, 4.69) is 5.32 Å². The fourth-order valence-corrected chi connectivity index (χ4v) is 2.35. The fraction of sp³-hybridized carbons (Fsp3) is 0.538. The second-order valence-corrected chi connectivity index (χ2v) is 4.69. The van der Waals surface area contributed by atoms with Crippen molar-refractivity contribution in [1.82, 2.24) is 5.32 Å². The average molecular weight is 259 g/mol. The third kappa shape index (κ3) is 2.84. The first-order valence-electron chi connectivity index (χ1n) is 5.87. The molecule has 1 atom stereocenters. The van der Waals surface area contributed by atoms with Gasteiger partial charge in [0.1, 0.15) is 0 Å². The molecule has 1 aromatic rings. The van der Waals surface area contributed by atoms with E-state index in [0.29, 0.717) is 18.5 Å². The zero-order valence-electron chi connectivity index (χ0n) is 10.2. The van der Waals surface area contributed by atoms with E-state index < -0.39 is 11.7 Å². The summed E-state index contributed by atoms with van der Waals surface area (Å²) < 4.78 is 43.3. The second kappa shape index (κ2) is 4.90. The van der Waals surface area contributed by atoms with Crippen LogP contribution in [0.5, 0.6) is 0 Å². The lowest BCUT2D eigenvalue weighted by Gasteiger charge is -2.27. The molecule has 1 N–H and O–H groups in total. The third-order valence-corrected chi connectivity index (χ3v) is 3.42. The van der Waals surface area contributed by atoms with Crippen LogP contribution in [0.25, 0.3) is 0 Å². The fourth-order valence-electron chi connectivity index (χ4n) is 2.35. The summed E-state index contributed by atoms with van der Waals surface area (Å²) in [6.07, 6.45) is -2.97. The Morgan fingerprint density at radius 2 is 2.17 bits per heavy atom. The summed E-state index contributed by atoms with van der Waals surface area (Å²) in [6, 6.07) is 5.47. The minimum absolute atomic E-state index is 0.371. The molecule has 0 spiro atoms. The molecule has 100 valence electrons. The highest BCUT2D eigenvalue weighted by Crippen LogP contribution is 2.31. The number of alkyl halides is 3. The summed E-state index contributed by atoms with van der Waals surface area (Å²) in [5.74, 6) is 0. The maximum absolute atomic E-state index is 12.6. The standard InChI is InChI=1S/C13H16F3NO/c1-18-12(5-6-17-9-12)8-10-3-2-4-11(7-10)13(14,15)16/h2-4,7,17H,5-6,8-9H2,1H3. The molecule has 1 saturated heterocycles. The van der Waals surface area contributed by atoms with Crippen molar-refractivity contribution in [2.75, 3.05) is 20.2 Å². The summed E-state index contributed by atoms with van der Waals surface area (Å²) in [5, 5.41) is 3.18. The number of nitrogens with one attached hydrogen (secondary N) is 1. The van der Waals surface area contributed by atoms with Crippen molar-refractivity contribution in [3.63, 3.8) is 0 Å². The second-order valence-electron chi connectivity index (χ2n) is 4.69. The van der Waals surface area contributed by atoms with Gasteiger partial charge in [-0.15, -0.1) is 0 Å². The maximum atomic E-state index is 12.6. The first kappa shape index (κ1) is 13.4. The average Bonchev–Trinajstić information content (AvgIpc) is 2.77. The van der Waals surface area contributed by atoms with Crippen LogP contribution in [0.3, 0.4) is 0 Å². The van der Waals surface area contributed by atoms with Gasteiger partial charge in [0.25, 0.3) is 0 Å². The minimum Gasteiger partial charge on any atom is -0.377 e. The SMILES string of the molecule is COC1(Cc2cccc(C(F)(F)F)c2)CCNC1. The summed E-state index contributed by atoms with van der Waals surface area (Å²) in [5.41, 5.74) is -0.308. The van der Waals surface area contributed by atoms with E-state index in [1.54, 1.807) is 13.2 Å². The van der Waals surface area contributed by atoms with Gasteiger partial charge in [-0.25, -0.2) is 0 Å². The van der Waals surface area contributed by atoms with Crippen LogP contribution in [0, 0.1) is 0 Å². The summed E-state index contributed by atoms with van der Waals surface area (Å²) in [6.45, 7) is 1.52. The van der Waals surface area contributed by atoms with Gasteiger partial charge >= 0.3 is 6.18 Å². The predicted molar refractivity (Wildman–Crippen MR) is 62.4 cm³/mol. The molecule has 1 heterocycles. The van der Waals surface area contributed by atoms with E-state index in [1.807, 2.05) is 0 Å². The highest BCUT2D eigenvalue weighted by atomic mass is 19.4. The Morgan fingerprint density at radius 3 is 2.72 bits per heavy atom. The minimum atomic E-state index is -4.29. The van der Waals surface area contributed by atoms with Gasteiger partial charge in [0, 0.05) is 20.1 Å². The normalized spacial score (nSPS) is 24.4. The topological polar surface area (TPSA) is 21.3 Å². The van der Waals surface area contributed by atoms with Gasteiger partial charge in [-0.1, -0.05) is 18.2 Å². The predicted octanol–water partition coefficient (Wildman–Crippen LogP) is 2.63. The number of hydrogen-bond acceptors (Lipinski definition) is 2. The summed E-state index contributed by atoms with van der Waals surface area (Å²) in [7, 11) is 1.61. The van der Waals surface area contributed by atoms with E-state index in [0.717, 1.165) is 19.0 Å². The van der Waals surface area contributed by atoms with Crippen molar-refractivity contribution in [3.05, 3.63) is 35.4 Å². The molecule has 5 heteroatoms. The Labute approximate surface area is 104 Å². The number of halogens is 3. The van der Waals surface area contributed by atoms with Crippen molar-refractivity contribution < 1.29 is 17.9 Å². The smallest absolute Gasteiger partial charge is 0.377 e. The summed E-state index contributed by atoms with van der Waals surface area (Å²) in [4.78, 5) is 0. The molecule has 2 rings (SSSR count). The Hall–Kier alpha value is -1.07. The molecular weight excluding hydrogens is 243 g/mol. The number of benzene rings is 1. The van der Waals surface area contributed by atoms with Crippen molar-refractivity contribution in [2.45, 2.75) is 24.6 Å². The van der Waals surface area contributed by atoms with Crippen molar-refractivity contribution in [3.8, 4) is 0 Å². The molecular formula is C13H16F3NO. The molecule has 0 aromatic heterocycles.